The molecule has 0 spiro atoms. The number of rotatable bonds is 4. The van der Waals surface area contributed by atoms with Crippen LogP contribution < -0.4 is 15.6 Å². The van der Waals surface area contributed by atoms with Gasteiger partial charge in [0.2, 0.25) is 0 Å². The molecule has 2 aromatic heterocycles. The van der Waals surface area contributed by atoms with Crippen molar-refractivity contribution in [3.8, 4) is 11.4 Å². The Morgan fingerprint density at radius 3 is 2.57 bits per heavy atom. The Bertz CT molecular complexity index is 1330. The number of anilines is 1. The molecule has 4 aromatic rings. The first-order chi connectivity index (χ1) is 14.4. The summed E-state index contributed by atoms with van der Waals surface area (Å²) in [5.74, 6) is -0.0122. The molecule has 1 N–H and O–H groups in total. The quantitative estimate of drug-likeness (QED) is 0.543. The normalized spacial score (nSPS) is 10.9. The highest BCUT2D eigenvalue weighted by atomic mass is 35.5. The number of methoxy groups -OCH3 is 1. The van der Waals surface area contributed by atoms with Crippen molar-refractivity contribution in [1.29, 1.82) is 0 Å². The van der Waals surface area contributed by atoms with E-state index in [4.69, 9.17) is 16.3 Å². The van der Waals surface area contributed by atoms with E-state index in [-0.39, 0.29) is 22.3 Å². The number of hydrogen-bond acceptors (Lipinski definition) is 5. The van der Waals surface area contributed by atoms with Crippen molar-refractivity contribution < 1.29 is 9.53 Å². The Labute approximate surface area is 176 Å². The monoisotopic (exact) mass is 423 g/mol. The average Bonchev–Trinajstić information content (AvgIpc) is 3.12. The van der Waals surface area contributed by atoms with Gasteiger partial charge in [-0.1, -0.05) is 29.3 Å². The second kappa shape index (κ2) is 7.64. The minimum atomic E-state index is -0.507. The molecule has 8 nitrogen and oxygen atoms in total. The number of amides is 1. The summed E-state index contributed by atoms with van der Waals surface area (Å²) in [6.45, 7) is 1.96. The number of nitrogens with zero attached hydrogens (tertiary/aromatic N) is 4. The van der Waals surface area contributed by atoms with E-state index in [2.05, 4.69) is 15.4 Å². The number of carbonyl (C=O) groups is 1. The van der Waals surface area contributed by atoms with E-state index in [0.717, 1.165) is 5.56 Å². The third-order valence-corrected chi connectivity index (χ3v) is 4.94. The Hall–Kier alpha value is -3.65. The van der Waals surface area contributed by atoms with E-state index < -0.39 is 5.91 Å². The predicted molar refractivity (Wildman–Crippen MR) is 115 cm³/mol. The zero-order valence-electron chi connectivity index (χ0n) is 16.5. The topological polar surface area (TPSA) is 91.0 Å². The molecule has 0 atom stereocenters. The van der Waals surface area contributed by atoms with Crippen molar-refractivity contribution >= 4 is 34.2 Å². The number of aromatic nitrogens is 4. The highest BCUT2D eigenvalue weighted by molar-refractivity contribution is 6.32. The van der Waals surface area contributed by atoms with Gasteiger partial charge in [-0.3, -0.25) is 9.59 Å². The molecule has 9 heteroatoms. The lowest BCUT2D eigenvalue weighted by molar-refractivity contribution is 0.102. The number of benzene rings is 2. The molecule has 0 aliphatic heterocycles. The van der Waals surface area contributed by atoms with Crippen LogP contribution >= 0.6 is 11.6 Å². The third-order valence-electron chi connectivity index (χ3n) is 4.65. The minimum Gasteiger partial charge on any atom is -0.495 e. The summed E-state index contributed by atoms with van der Waals surface area (Å²) in [5.41, 5.74) is 2.36. The van der Waals surface area contributed by atoms with Gasteiger partial charge < -0.3 is 14.6 Å². The zero-order chi connectivity index (χ0) is 21.4. The van der Waals surface area contributed by atoms with Crippen LogP contribution in [0.2, 0.25) is 5.02 Å². The van der Waals surface area contributed by atoms with Crippen LogP contribution in [0.25, 0.3) is 16.7 Å². The molecule has 0 aliphatic rings. The predicted octanol–water partition coefficient (Wildman–Crippen LogP) is 3.34. The lowest BCUT2D eigenvalue weighted by Gasteiger charge is -2.07. The van der Waals surface area contributed by atoms with Gasteiger partial charge in [0, 0.05) is 12.7 Å². The van der Waals surface area contributed by atoms with Gasteiger partial charge in [-0.15, -0.1) is 0 Å². The van der Waals surface area contributed by atoms with Gasteiger partial charge in [-0.2, -0.15) is 5.10 Å². The summed E-state index contributed by atoms with van der Waals surface area (Å²) in [4.78, 5) is 30.1. The number of fused-ring (bicyclic) bond motifs is 1. The van der Waals surface area contributed by atoms with E-state index in [1.807, 2.05) is 31.2 Å². The van der Waals surface area contributed by atoms with Gasteiger partial charge in [-0.05, 0) is 37.3 Å². The van der Waals surface area contributed by atoms with Crippen LogP contribution in [-0.4, -0.2) is 32.3 Å². The smallest absolute Gasteiger partial charge is 0.279 e. The SMILES string of the molecule is COc1ccc(NC(=O)c2nn(-c3ccc(C)cc3)c3c(=O)n(C)cnc23)cc1Cl. The Balaban J connectivity index is 1.82. The van der Waals surface area contributed by atoms with Gasteiger partial charge in [0.05, 0.1) is 24.1 Å². The fraction of sp³-hybridized carbons (Fsp3) is 0.143. The van der Waals surface area contributed by atoms with Crippen LogP contribution in [0, 0.1) is 6.92 Å². The molecule has 2 heterocycles. The number of aryl methyl sites for hydroxylation is 2. The molecule has 0 fully saturated rings. The number of halogens is 1. The molecule has 0 bridgehead atoms. The maximum Gasteiger partial charge on any atom is 0.279 e. The molecule has 4 rings (SSSR count). The van der Waals surface area contributed by atoms with Crippen LogP contribution in [-0.2, 0) is 7.05 Å². The van der Waals surface area contributed by atoms with E-state index >= 15 is 0 Å². The van der Waals surface area contributed by atoms with E-state index in [9.17, 15) is 9.59 Å². The van der Waals surface area contributed by atoms with Crippen LogP contribution in [0.5, 0.6) is 5.75 Å². The largest absolute Gasteiger partial charge is 0.495 e. The van der Waals surface area contributed by atoms with Crippen molar-refractivity contribution in [2.24, 2.45) is 7.05 Å². The molecule has 152 valence electrons. The summed E-state index contributed by atoms with van der Waals surface area (Å²) in [5, 5.41) is 7.52. The zero-order valence-corrected chi connectivity index (χ0v) is 17.3. The third kappa shape index (κ3) is 3.42. The number of ether oxygens (including phenoxy) is 1. The number of hydrogen-bond donors (Lipinski definition) is 1. The van der Waals surface area contributed by atoms with Gasteiger partial charge in [0.25, 0.3) is 11.5 Å². The lowest BCUT2D eigenvalue weighted by Crippen LogP contribution is -2.19. The molecule has 1 amide bonds. The highest BCUT2D eigenvalue weighted by Gasteiger charge is 2.22. The number of carbonyl (C=O) groups excluding carboxylic acids is 1. The van der Waals surface area contributed by atoms with Gasteiger partial charge >= 0.3 is 0 Å². The van der Waals surface area contributed by atoms with E-state index in [0.29, 0.717) is 22.1 Å². The van der Waals surface area contributed by atoms with Gasteiger partial charge in [-0.25, -0.2) is 9.67 Å². The molecule has 0 aliphatic carbocycles. The van der Waals surface area contributed by atoms with Crippen LogP contribution in [0.4, 0.5) is 5.69 Å². The minimum absolute atomic E-state index is 0.0372. The van der Waals surface area contributed by atoms with Gasteiger partial charge in [0.15, 0.2) is 11.2 Å². The summed E-state index contributed by atoms with van der Waals surface area (Å²) in [6, 6.07) is 12.4. The summed E-state index contributed by atoms with van der Waals surface area (Å²) in [6.07, 6.45) is 1.37. The molecular weight excluding hydrogens is 406 g/mol. The highest BCUT2D eigenvalue weighted by Crippen LogP contribution is 2.28. The summed E-state index contributed by atoms with van der Waals surface area (Å²) in [7, 11) is 3.11. The Morgan fingerprint density at radius 1 is 1.17 bits per heavy atom. The summed E-state index contributed by atoms with van der Waals surface area (Å²) >= 11 is 6.14. The van der Waals surface area contributed by atoms with Crippen molar-refractivity contribution in [3.63, 3.8) is 0 Å². The molecule has 0 unspecified atom stereocenters. The van der Waals surface area contributed by atoms with Crippen molar-refractivity contribution in [2.45, 2.75) is 6.92 Å². The molecule has 2 aromatic carbocycles. The first kappa shape index (κ1) is 19.7. The molecule has 0 saturated carbocycles. The van der Waals surface area contributed by atoms with Crippen molar-refractivity contribution in [3.05, 3.63) is 75.4 Å². The molecule has 0 saturated heterocycles. The molecular formula is C21H18ClN5O3. The first-order valence-corrected chi connectivity index (χ1v) is 9.43. The molecule has 30 heavy (non-hydrogen) atoms. The van der Waals surface area contributed by atoms with Crippen molar-refractivity contribution in [1.82, 2.24) is 19.3 Å². The molecule has 0 radical (unpaired) electrons. The maximum absolute atomic E-state index is 13.0. The lowest BCUT2D eigenvalue weighted by atomic mass is 10.2. The Morgan fingerprint density at radius 2 is 1.90 bits per heavy atom. The average molecular weight is 424 g/mol. The fourth-order valence-electron chi connectivity index (χ4n) is 3.05. The second-order valence-electron chi connectivity index (χ2n) is 6.76. The fourth-order valence-corrected chi connectivity index (χ4v) is 3.31. The summed E-state index contributed by atoms with van der Waals surface area (Å²) < 4.78 is 7.92. The van der Waals surface area contributed by atoms with E-state index in [1.54, 1.807) is 25.2 Å². The first-order valence-electron chi connectivity index (χ1n) is 9.05. The van der Waals surface area contributed by atoms with Crippen LogP contribution in [0.15, 0.2) is 53.6 Å². The Kier molecular flexibility index (Phi) is 5.01. The van der Waals surface area contributed by atoms with Crippen LogP contribution in [0.3, 0.4) is 0 Å². The number of nitrogens with one attached hydrogen (secondary N) is 1. The van der Waals surface area contributed by atoms with Crippen LogP contribution in [0.1, 0.15) is 16.1 Å². The standard InChI is InChI=1S/C21H18ClN5O3/c1-12-4-7-14(8-5-12)27-19-17(23-11-26(2)21(19)29)18(25-27)20(28)24-13-6-9-16(30-3)15(22)10-13/h4-11H,1-3H3,(H,24,28). The second-order valence-corrected chi connectivity index (χ2v) is 7.16. The van der Waals surface area contributed by atoms with Crippen molar-refractivity contribution in [2.75, 3.05) is 12.4 Å². The van der Waals surface area contributed by atoms with Gasteiger partial charge in [0.1, 0.15) is 11.3 Å². The maximum atomic E-state index is 13.0. The van der Waals surface area contributed by atoms with E-state index in [1.165, 1.54) is 22.7 Å².